The third-order valence-electron chi connectivity index (χ3n) is 3.54. The van der Waals surface area contributed by atoms with Gasteiger partial charge in [0, 0.05) is 32.2 Å². The van der Waals surface area contributed by atoms with Gasteiger partial charge in [0.25, 0.3) is 0 Å². The molecule has 0 amide bonds. The van der Waals surface area contributed by atoms with Crippen LogP contribution < -0.4 is 4.74 Å². The second-order valence-corrected chi connectivity index (χ2v) is 6.98. The maximum atomic E-state index is 12.6. The first-order valence-corrected chi connectivity index (χ1v) is 8.37. The fourth-order valence-electron chi connectivity index (χ4n) is 2.24. The number of sulfonamides is 1. The van der Waals surface area contributed by atoms with Crippen molar-refractivity contribution in [1.82, 2.24) is 9.21 Å². The molecule has 2 rings (SSSR count). The minimum Gasteiger partial charge on any atom is -0.495 e. The SMILES string of the molecule is CCN1CCN(S(=O)(=O)c2ccc(Cl)c(OC)c2)CC1. The molecule has 0 saturated carbocycles. The molecular weight excluding hydrogens is 300 g/mol. The van der Waals surface area contributed by atoms with E-state index in [1.807, 2.05) is 0 Å². The van der Waals surface area contributed by atoms with Gasteiger partial charge in [0.05, 0.1) is 17.0 Å². The highest BCUT2D eigenvalue weighted by molar-refractivity contribution is 7.89. The van der Waals surface area contributed by atoms with E-state index in [9.17, 15) is 8.42 Å². The normalized spacial score (nSPS) is 18.1. The number of ether oxygens (including phenoxy) is 1. The first-order valence-electron chi connectivity index (χ1n) is 6.55. The highest BCUT2D eigenvalue weighted by Gasteiger charge is 2.28. The van der Waals surface area contributed by atoms with Gasteiger partial charge in [-0.05, 0) is 18.7 Å². The number of rotatable bonds is 4. The molecule has 1 aromatic rings. The van der Waals surface area contributed by atoms with Crippen molar-refractivity contribution >= 4 is 21.6 Å². The van der Waals surface area contributed by atoms with Crippen molar-refractivity contribution in [3.8, 4) is 5.75 Å². The van der Waals surface area contributed by atoms with Gasteiger partial charge in [-0.1, -0.05) is 18.5 Å². The smallest absolute Gasteiger partial charge is 0.243 e. The molecule has 1 aromatic carbocycles. The first kappa shape index (κ1) is 15.6. The Morgan fingerprint density at radius 1 is 1.25 bits per heavy atom. The van der Waals surface area contributed by atoms with E-state index in [1.54, 1.807) is 6.07 Å². The van der Waals surface area contributed by atoms with Gasteiger partial charge in [-0.25, -0.2) is 8.42 Å². The minimum absolute atomic E-state index is 0.226. The van der Waals surface area contributed by atoms with Crippen molar-refractivity contribution in [3.63, 3.8) is 0 Å². The summed E-state index contributed by atoms with van der Waals surface area (Å²) in [5.41, 5.74) is 0. The molecule has 1 saturated heterocycles. The highest BCUT2D eigenvalue weighted by Crippen LogP contribution is 2.28. The molecule has 20 heavy (non-hydrogen) atoms. The standard InChI is InChI=1S/C13H19ClN2O3S/c1-3-15-6-8-16(9-7-15)20(17,18)11-4-5-12(14)13(10-11)19-2/h4-5,10H,3,6-9H2,1-2H3. The first-order chi connectivity index (χ1) is 9.48. The van der Waals surface area contributed by atoms with Crippen LogP contribution in [0.15, 0.2) is 23.1 Å². The summed E-state index contributed by atoms with van der Waals surface area (Å²) in [4.78, 5) is 2.46. The lowest BCUT2D eigenvalue weighted by Gasteiger charge is -2.33. The van der Waals surface area contributed by atoms with Crippen molar-refractivity contribution in [3.05, 3.63) is 23.2 Å². The average Bonchev–Trinajstić information content (AvgIpc) is 2.47. The predicted octanol–water partition coefficient (Wildman–Crippen LogP) is 1.67. The van der Waals surface area contributed by atoms with Gasteiger partial charge in [0.1, 0.15) is 5.75 Å². The summed E-state index contributed by atoms with van der Waals surface area (Å²) >= 11 is 5.93. The van der Waals surface area contributed by atoms with E-state index in [1.165, 1.54) is 23.5 Å². The molecule has 1 aliphatic heterocycles. The third kappa shape index (κ3) is 3.09. The van der Waals surface area contributed by atoms with Gasteiger partial charge in [0.15, 0.2) is 0 Å². The van der Waals surface area contributed by atoms with Crippen LogP contribution in [0.3, 0.4) is 0 Å². The van der Waals surface area contributed by atoms with E-state index in [-0.39, 0.29) is 4.90 Å². The molecule has 0 N–H and O–H groups in total. The summed E-state index contributed by atoms with van der Waals surface area (Å²) in [6.07, 6.45) is 0. The van der Waals surface area contributed by atoms with Crippen molar-refractivity contribution in [2.24, 2.45) is 0 Å². The molecule has 0 spiro atoms. The van der Waals surface area contributed by atoms with Crippen LogP contribution in [0.1, 0.15) is 6.92 Å². The van der Waals surface area contributed by atoms with Gasteiger partial charge in [-0.15, -0.1) is 0 Å². The van der Waals surface area contributed by atoms with Gasteiger partial charge in [-0.2, -0.15) is 4.31 Å². The number of piperazine rings is 1. The molecule has 1 heterocycles. The van der Waals surface area contributed by atoms with Crippen LogP contribution in [0, 0.1) is 0 Å². The minimum atomic E-state index is -3.48. The monoisotopic (exact) mass is 318 g/mol. The Balaban J connectivity index is 2.22. The van der Waals surface area contributed by atoms with Crippen LogP contribution in [0.2, 0.25) is 5.02 Å². The van der Waals surface area contributed by atoms with E-state index in [0.29, 0.717) is 23.9 Å². The molecule has 0 radical (unpaired) electrons. The fourth-order valence-corrected chi connectivity index (χ4v) is 3.87. The topological polar surface area (TPSA) is 49.9 Å². The molecule has 7 heteroatoms. The number of hydrogen-bond acceptors (Lipinski definition) is 4. The summed E-state index contributed by atoms with van der Waals surface area (Å²) in [7, 11) is -2.01. The number of likely N-dealkylation sites (N-methyl/N-ethyl adjacent to an activating group) is 1. The number of nitrogens with zero attached hydrogens (tertiary/aromatic N) is 2. The summed E-state index contributed by atoms with van der Waals surface area (Å²) in [5.74, 6) is 0.375. The van der Waals surface area contributed by atoms with E-state index >= 15 is 0 Å². The number of benzene rings is 1. The van der Waals surface area contributed by atoms with E-state index in [2.05, 4.69) is 11.8 Å². The molecule has 5 nitrogen and oxygen atoms in total. The van der Waals surface area contributed by atoms with Crippen LogP contribution >= 0.6 is 11.6 Å². The third-order valence-corrected chi connectivity index (χ3v) is 5.75. The predicted molar refractivity (Wildman–Crippen MR) is 78.9 cm³/mol. The maximum Gasteiger partial charge on any atom is 0.243 e. The summed E-state index contributed by atoms with van der Waals surface area (Å²) in [5, 5.41) is 0.405. The lowest BCUT2D eigenvalue weighted by molar-refractivity contribution is 0.196. The zero-order chi connectivity index (χ0) is 14.8. The Morgan fingerprint density at radius 3 is 2.45 bits per heavy atom. The van der Waals surface area contributed by atoms with Crippen molar-refractivity contribution in [2.45, 2.75) is 11.8 Å². The van der Waals surface area contributed by atoms with Gasteiger partial charge in [0.2, 0.25) is 10.0 Å². The molecule has 1 fully saturated rings. The molecule has 112 valence electrons. The van der Waals surface area contributed by atoms with Crippen LogP contribution in [-0.2, 0) is 10.0 Å². The second kappa shape index (κ2) is 6.30. The zero-order valence-corrected chi connectivity index (χ0v) is 13.2. The van der Waals surface area contributed by atoms with Crippen LogP contribution in [0.4, 0.5) is 0 Å². The zero-order valence-electron chi connectivity index (χ0n) is 11.7. The largest absolute Gasteiger partial charge is 0.495 e. The summed E-state index contributed by atoms with van der Waals surface area (Å²) < 4.78 is 31.7. The van der Waals surface area contributed by atoms with Crippen LogP contribution in [-0.4, -0.2) is 57.5 Å². The summed E-state index contributed by atoms with van der Waals surface area (Å²) in [6, 6.07) is 4.55. The van der Waals surface area contributed by atoms with Gasteiger partial charge >= 0.3 is 0 Å². The Bertz CT molecular complexity index is 569. The molecular formula is C13H19ClN2O3S. The Labute approximate surface area is 125 Å². The quantitative estimate of drug-likeness (QED) is 0.847. The fraction of sp³-hybridized carbons (Fsp3) is 0.538. The van der Waals surface area contributed by atoms with E-state index in [4.69, 9.17) is 16.3 Å². The molecule has 0 atom stereocenters. The number of halogens is 1. The second-order valence-electron chi connectivity index (χ2n) is 4.63. The van der Waals surface area contributed by atoms with Crippen molar-refractivity contribution < 1.29 is 13.2 Å². The number of hydrogen-bond donors (Lipinski definition) is 0. The van der Waals surface area contributed by atoms with Crippen molar-refractivity contribution in [2.75, 3.05) is 39.8 Å². The summed E-state index contributed by atoms with van der Waals surface area (Å²) in [6.45, 7) is 5.58. The Hall–Kier alpha value is -0.820. The average molecular weight is 319 g/mol. The van der Waals surface area contributed by atoms with Crippen LogP contribution in [0.25, 0.3) is 0 Å². The van der Waals surface area contributed by atoms with E-state index in [0.717, 1.165) is 19.6 Å². The van der Waals surface area contributed by atoms with Gasteiger partial charge in [-0.3, -0.25) is 0 Å². The Morgan fingerprint density at radius 2 is 1.90 bits per heavy atom. The van der Waals surface area contributed by atoms with Gasteiger partial charge < -0.3 is 9.64 Å². The molecule has 0 aliphatic carbocycles. The lowest BCUT2D eigenvalue weighted by atomic mass is 10.3. The highest BCUT2D eigenvalue weighted by atomic mass is 35.5. The molecule has 0 aromatic heterocycles. The molecule has 0 unspecified atom stereocenters. The van der Waals surface area contributed by atoms with Crippen molar-refractivity contribution in [1.29, 1.82) is 0 Å². The van der Waals surface area contributed by atoms with E-state index < -0.39 is 10.0 Å². The molecule has 1 aliphatic rings. The maximum absolute atomic E-state index is 12.6. The lowest BCUT2D eigenvalue weighted by Crippen LogP contribution is -2.48. The Kier molecular flexibility index (Phi) is 4.90. The van der Waals surface area contributed by atoms with Crippen LogP contribution in [0.5, 0.6) is 5.75 Å². The number of methoxy groups -OCH3 is 1. The molecule has 0 bridgehead atoms.